The topological polar surface area (TPSA) is 84.1 Å². The number of hydrogen-bond acceptors (Lipinski definition) is 5. The average Bonchev–Trinajstić information content (AvgIpc) is 3.64. The van der Waals surface area contributed by atoms with Gasteiger partial charge in [0.05, 0.1) is 17.9 Å². The fourth-order valence-corrected chi connectivity index (χ4v) is 5.27. The summed E-state index contributed by atoms with van der Waals surface area (Å²) >= 11 is 1.77. The average molecular weight is 446 g/mol. The van der Waals surface area contributed by atoms with Crippen molar-refractivity contribution in [2.45, 2.75) is 68.4 Å². The molecule has 2 N–H and O–H groups in total. The lowest BCUT2D eigenvalue weighted by atomic mass is 9.95. The maximum Gasteiger partial charge on any atom is 0.261 e. The molecule has 0 bridgehead atoms. The van der Waals surface area contributed by atoms with Crippen LogP contribution in [-0.2, 0) is 10.5 Å². The first-order valence-corrected chi connectivity index (χ1v) is 12.4. The van der Waals surface area contributed by atoms with E-state index >= 15 is 0 Å². The molecule has 3 fully saturated rings. The molecule has 0 unspecified atom stereocenters. The molecule has 3 aliphatic rings. The van der Waals surface area contributed by atoms with Crippen molar-refractivity contribution in [1.29, 1.82) is 0 Å². The summed E-state index contributed by atoms with van der Waals surface area (Å²) in [6, 6.07) is 3.23. The van der Waals surface area contributed by atoms with Crippen LogP contribution in [0.25, 0.3) is 10.9 Å². The molecule has 1 aromatic carbocycles. The second-order valence-electron chi connectivity index (χ2n) is 9.13. The monoisotopic (exact) mass is 445 g/mol. The largest absolute Gasteiger partial charge is 0.493 e. The highest BCUT2D eigenvalue weighted by molar-refractivity contribution is 7.99. The third-order valence-corrected chi connectivity index (χ3v) is 7.77. The van der Waals surface area contributed by atoms with Crippen molar-refractivity contribution >= 4 is 28.6 Å². The van der Waals surface area contributed by atoms with E-state index in [1.165, 1.54) is 6.07 Å². The Morgan fingerprint density at radius 3 is 2.65 bits per heavy atom. The number of ether oxygens (including phenoxy) is 1. The fraction of sp³-hybridized carbons (Fsp3) is 0.609. The lowest BCUT2D eigenvalue weighted by molar-refractivity contribution is -0.123. The smallest absolute Gasteiger partial charge is 0.261 e. The standard InChI is InChI=1S/C23H28FN3O3S/c24-18-9-16(30-11-13-1-2-13)10-19-21(18)23(29)27-20(26-19)12-31-17-7-5-15(6-8-17)25-22(28)14-3-4-14/h9-10,13-15,17H,1-8,11-12H2,(H,25,28)(H,26,27,29)/t15-,17-. The molecule has 1 heterocycles. The minimum Gasteiger partial charge on any atom is -0.493 e. The van der Waals surface area contributed by atoms with Crippen molar-refractivity contribution in [3.63, 3.8) is 0 Å². The zero-order chi connectivity index (χ0) is 21.4. The van der Waals surface area contributed by atoms with Crippen molar-refractivity contribution in [3.05, 3.63) is 34.1 Å². The van der Waals surface area contributed by atoms with Crippen LogP contribution in [0.2, 0.25) is 0 Å². The Morgan fingerprint density at radius 1 is 1.16 bits per heavy atom. The molecule has 0 atom stereocenters. The van der Waals surface area contributed by atoms with E-state index in [0.29, 0.717) is 46.7 Å². The van der Waals surface area contributed by atoms with Crippen LogP contribution in [0.15, 0.2) is 16.9 Å². The van der Waals surface area contributed by atoms with E-state index in [9.17, 15) is 14.0 Å². The van der Waals surface area contributed by atoms with Crippen molar-refractivity contribution in [2.24, 2.45) is 11.8 Å². The van der Waals surface area contributed by atoms with Gasteiger partial charge in [-0.15, -0.1) is 0 Å². The van der Waals surface area contributed by atoms with E-state index in [4.69, 9.17) is 4.74 Å². The van der Waals surface area contributed by atoms with Gasteiger partial charge in [-0.25, -0.2) is 9.37 Å². The van der Waals surface area contributed by atoms with E-state index in [1.54, 1.807) is 17.8 Å². The third-order valence-electron chi connectivity index (χ3n) is 6.39. The van der Waals surface area contributed by atoms with Crippen molar-refractivity contribution < 1.29 is 13.9 Å². The second-order valence-corrected chi connectivity index (χ2v) is 10.4. The van der Waals surface area contributed by atoms with Gasteiger partial charge < -0.3 is 15.0 Å². The molecule has 31 heavy (non-hydrogen) atoms. The molecule has 166 valence electrons. The Hall–Kier alpha value is -2.09. The first-order chi connectivity index (χ1) is 15.0. The summed E-state index contributed by atoms with van der Waals surface area (Å²) in [5.41, 5.74) is -0.102. The van der Waals surface area contributed by atoms with E-state index in [0.717, 1.165) is 51.4 Å². The fourth-order valence-electron chi connectivity index (χ4n) is 4.13. The van der Waals surface area contributed by atoms with Crippen LogP contribution < -0.4 is 15.6 Å². The molecule has 5 rings (SSSR count). The van der Waals surface area contributed by atoms with Crippen LogP contribution in [0, 0.1) is 17.7 Å². The molecular formula is C23H28FN3O3S. The summed E-state index contributed by atoms with van der Waals surface area (Å²) in [5.74, 6) is 2.02. The predicted octanol–water partition coefficient (Wildman–Crippen LogP) is 3.92. The summed E-state index contributed by atoms with van der Waals surface area (Å²) in [5, 5.41) is 3.64. The van der Waals surface area contributed by atoms with Gasteiger partial charge in [0.25, 0.3) is 5.56 Å². The molecule has 0 radical (unpaired) electrons. The van der Waals surface area contributed by atoms with Gasteiger partial charge in [0.1, 0.15) is 22.8 Å². The molecule has 6 nitrogen and oxygen atoms in total. The Bertz CT molecular complexity index is 1030. The maximum atomic E-state index is 14.5. The predicted molar refractivity (Wildman–Crippen MR) is 119 cm³/mol. The quantitative estimate of drug-likeness (QED) is 0.643. The van der Waals surface area contributed by atoms with Gasteiger partial charge in [-0.05, 0) is 57.3 Å². The van der Waals surface area contributed by atoms with Crippen LogP contribution in [-0.4, -0.2) is 33.8 Å². The molecule has 3 aliphatic carbocycles. The number of halogens is 1. The minimum atomic E-state index is -0.595. The molecule has 1 amide bonds. The first-order valence-electron chi connectivity index (χ1n) is 11.3. The van der Waals surface area contributed by atoms with E-state index in [1.807, 2.05) is 0 Å². The Labute approximate surface area is 184 Å². The maximum absolute atomic E-state index is 14.5. The molecule has 1 aromatic heterocycles. The molecule has 0 saturated heterocycles. The number of nitrogens with one attached hydrogen (secondary N) is 2. The molecular weight excluding hydrogens is 417 g/mol. The molecule has 0 aliphatic heterocycles. The van der Waals surface area contributed by atoms with E-state index < -0.39 is 11.4 Å². The van der Waals surface area contributed by atoms with Gasteiger partial charge in [0, 0.05) is 29.3 Å². The number of aromatic nitrogens is 2. The molecule has 0 spiro atoms. The number of thioether (sulfide) groups is 1. The van der Waals surface area contributed by atoms with Gasteiger partial charge in [0.2, 0.25) is 5.91 Å². The van der Waals surface area contributed by atoms with Crippen molar-refractivity contribution in [1.82, 2.24) is 15.3 Å². The number of amides is 1. The number of aromatic amines is 1. The van der Waals surface area contributed by atoms with Crippen LogP contribution >= 0.6 is 11.8 Å². The number of carbonyl (C=O) groups is 1. The number of carbonyl (C=O) groups excluding carboxylic acids is 1. The lowest BCUT2D eigenvalue weighted by Crippen LogP contribution is -2.38. The van der Waals surface area contributed by atoms with E-state index in [-0.39, 0.29) is 17.2 Å². The second kappa shape index (κ2) is 8.81. The highest BCUT2D eigenvalue weighted by Crippen LogP contribution is 2.33. The number of nitrogens with zero attached hydrogens (tertiary/aromatic N) is 1. The summed E-state index contributed by atoms with van der Waals surface area (Å²) in [7, 11) is 0. The molecule has 8 heteroatoms. The number of H-pyrrole nitrogens is 1. The number of benzene rings is 1. The zero-order valence-corrected chi connectivity index (χ0v) is 18.3. The van der Waals surface area contributed by atoms with E-state index in [2.05, 4.69) is 15.3 Å². The summed E-state index contributed by atoms with van der Waals surface area (Å²) < 4.78 is 20.1. The van der Waals surface area contributed by atoms with Crippen molar-refractivity contribution in [2.75, 3.05) is 6.61 Å². The zero-order valence-electron chi connectivity index (χ0n) is 17.5. The highest BCUT2D eigenvalue weighted by atomic mass is 32.2. The van der Waals surface area contributed by atoms with Gasteiger partial charge in [0.15, 0.2) is 0 Å². The molecule has 2 aromatic rings. The Balaban J connectivity index is 1.19. The first kappa shape index (κ1) is 20.8. The van der Waals surface area contributed by atoms with Gasteiger partial charge >= 0.3 is 0 Å². The van der Waals surface area contributed by atoms with Crippen molar-refractivity contribution in [3.8, 4) is 5.75 Å². The number of fused-ring (bicyclic) bond motifs is 1. The SMILES string of the molecule is O=C(N[C@H]1CC[C@H](SCc2nc3cc(OCC4CC4)cc(F)c3c(=O)[nH]2)CC1)C1CC1. The van der Waals surface area contributed by atoms with Crippen LogP contribution in [0.5, 0.6) is 5.75 Å². The Morgan fingerprint density at radius 2 is 1.94 bits per heavy atom. The van der Waals surface area contributed by atoms with Crippen LogP contribution in [0.3, 0.4) is 0 Å². The lowest BCUT2D eigenvalue weighted by Gasteiger charge is -2.28. The summed E-state index contributed by atoms with van der Waals surface area (Å²) in [4.78, 5) is 31.6. The van der Waals surface area contributed by atoms with Crippen LogP contribution in [0.1, 0.15) is 57.2 Å². The number of hydrogen-bond donors (Lipinski definition) is 2. The minimum absolute atomic E-state index is 0.0144. The number of rotatable bonds is 8. The molecule has 3 saturated carbocycles. The van der Waals surface area contributed by atoms with Crippen LogP contribution in [0.4, 0.5) is 4.39 Å². The third kappa shape index (κ3) is 5.22. The Kier molecular flexibility index (Phi) is 5.91. The van der Waals surface area contributed by atoms with Gasteiger partial charge in [-0.2, -0.15) is 11.8 Å². The normalized spacial score (nSPS) is 23.6. The van der Waals surface area contributed by atoms with Gasteiger partial charge in [-0.1, -0.05) is 0 Å². The highest BCUT2D eigenvalue weighted by Gasteiger charge is 2.32. The summed E-state index contributed by atoms with van der Waals surface area (Å²) in [6.45, 7) is 0.584. The van der Waals surface area contributed by atoms with Gasteiger partial charge in [-0.3, -0.25) is 9.59 Å². The summed E-state index contributed by atoms with van der Waals surface area (Å²) in [6.07, 6.45) is 8.43.